The number of nitrogens with one attached hydrogen (secondary N) is 1. The Morgan fingerprint density at radius 1 is 1.17 bits per heavy atom. The topological polar surface area (TPSA) is 79.0 Å². The normalized spacial score (nSPS) is 15.3. The van der Waals surface area contributed by atoms with Gasteiger partial charge in [-0.25, -0.2) is 8.42 Å². The number of halogens is 1. The van der Waals surface area contributed by atoms with Crippen LogP contribution >= 0.6 is 11.6 Å². The van der Waals surface area contributed by atoms with E-state index in [1.807, 2.05) is 36.1 Å². The van der Waals surface area contributed by atoms with Gasteiger partial charge in [0.1, 0.15) is 0 Å². The zero-order valence-electron chi connectivity index (χ0n) is 16.9. The Labute approximate surface area is 182 Å². The fraction of sp³-hybridized carbons (Fsp3) is 0.381. The lowest BCUT2D eigenvalue weighted by molar-refractivity contribution is -0.117. The van der Waals surface area contributed by atoms with Crippen molar-refractivity contribution >= 4 is 33.2 Å². The highest BCUT2D eigenvalue weighted by atomic mass is 35.5. The Morgan fingerprint density at radius 3 is 2.60 bits per heavy atom. The van der Waals surface area contributed by atoms with Gasteiger partial charge in [0, 0.05) is 30.3 Å². The number of hydrogen-bond donors (Lipinski definition) is 1. The summed E-state index contributed by atoms with van der Waals surface area (Å²) >= 11 is 6.22. The van der Waals surface area contributed by atoms with E-state index in [0.29, 0.717) is 50.1 Å². The van der Waals surface area contributed by atoms with Gasteiger partial charge in [0.05, 0.1) is 24.7 Å². The zero-order valence-corrected chi connectivity index (χ0v) is 18.5. The number of amides is 1. The summed E-state index contributed by atoms with van der Waals surface area (Å²) in [6.07, 6.45) is 0. The molecular weight excluding hydrogens is 426 g/mol. The Morgan fingerprint density at radius 2 is 1.90 bits per heavy atom. The first-order chi connectivity index (χ1) is 14.4. The first-order valence-corrected chi connectivity index (χ1v) is 11.7. The standard InChI is InChI=1S/C21H26ClN3O4S/c1-2-24(15-17-6-3-4-9-20(17)22)16-21(26)23-18-7-5-8-19(14-18)30(27,28)25-10-12-29-13-11-25/h3-9,14H,2,10-13,15-16H2,1H3,(H,23,26). The molecule has 2 aromatic rings. The van der Waals surface area contributed by atoms with Gasteiger partial charge in [-0.2, -0.15) is 4.31 Å². The van der Waals surface area contributed by atoms with Gasteiger partial charge in [-0.3, -0.25) is 9.69 Å². The molecule has 0 aliphatic carbocycles. The summed E-state index contributed by atoms with van der Waals surface area (Å²) < 4.78 is 32.3. The number of likely N-dealkylation sites (N-methyl/N-ethyl adjacent to an activating group) is 1. The van der Waals surface area contributed by atoms with Crippen molar-refractivity contribution in [1.82, 2.24) is 9.21 Å². The molecule has 0 aromatic heterocycles. The summed E-state index contributed by atoms with van der Waals surface area (Å²) in [5, 5.41) is 3.47. The number of carbonyl (C=O) groups excluding carboxylic acids is 1. The summed E-state index contributed by atoms with van der Waals surface area (Å²) in [4.78, 5) is 14.7. The molecule has 1 amide bonds. The zero-order chi connectivity index (χ0) is 21.6. The van der Waals surface area contributed by atoms with Crippen molar-refractivity contribution in [3.05, 3.63) is 59.1 Å². The highest BCUT2D eigenvalue weighted by molar-refractivity contribution is 7.89. The third-order valence-electron chi connectivity index (χ3n) is 4.89. The van der Waals surface area contributed by atoms with Crippen molar-refractivity contribution in [2.75, 3.05) is 44.7 Å². The maximum Gasteiger partial charge on any atom is 0.243 e. The lowest BCUT2D eigenvalue weighted by Crippen LogP contribution is -2.40. The van der Waals surface area contributed by atoms with Gasteiger partial charge < -0.3 is 10.1 Å². The lowest BCUT2D eigenvalue weighted by Gasteiger charge is -2.26. The number of hydrogen-bond acceptors (Lipinski definition) is 5. The Bertz CT molecular complexity index is 978. The highest BCUT2D eigenvalue weighted by Crippen LogP contribution is 2.21. The van der Waals surface area contributed by atoms with Crippen molar-refractivity contribution in [1.29, 1.82) is 0 Å². The molecule has 1 saturated heterocycles. The molecule has 7 nitrogen and oxygen atoms in total. The predicted octanol–water partition coefficient (Wildman–Crippen LogP) is 2.82. The largest absolute Gasteiger partial charge is 0.379 e. The molecule has 30 heavy (non-hydrogen) atoms. The first-order valence-electron chi connectivity index (χ1n) is 9.83. The number of rotatable bonds is 8. The van der Waals surface area contributed by atoms with Crippen molar-refractivity contribution in [2.45, 2.75) is 18.4 Å². The summed E-state index contributed by atoms with van der Waals surface area (Å²) in [6.45, 7) is 4.78. The summed E-state index contributed by atoms with van der Waals surface area (Å²) in [7, 11) is -3.62. The summed E-state index contributed by atoms with van der Waals surface area (Å²) in [5.74, 6) is -0.218. The fourth-order valence-electron chi connectivity index (χ4n) is 3.22. The quantitative estimate of drug-likeness (QED) is 0.667. The minimum atomic E-state index is -3.62. The van der Waals surface area contributed by atoms with Gasteiger partial charge in [-0.1, -0.05) is 42.8 Å². The molecule has 0 spiro atoms. The average molecular weight is 452 g/mol. The van der Waals surface area contributed by atoms with E-state index in [1.54, 1.807) is 12.1 Å². The number of carbonyl (C=O) groups is 1. The van der Waals surface area contributed by atoms with Crippen molar-refractivity contribution in [2.24, 2.45) is 0 Å². The van der Waals surface area contributed by atoms with E-state index >= 15 is 0 Å². The molecule has 3 rings (SSSR count). The molecule has 0 bridgehead atoms. The van der Waals surface area contributed by atoms with E-state index in [-0.39, 0.29) is 17.3 Å². The minimum Gasteiger partial charge on any atom is -0.379 e. The van der Waals surface area contributed by atoms with Crippen LogP contribution in [0.2, 0.25) is 5.02 Å². The maximum absolute atomic E-state index is 12.8. The second kappa shape index (κ2) is 10.4. The number of ether oxygens (including phenoxy) is 1. The van der Waals surface area contributed by atoms with Gasteiger partial charge in [0.25, 0.3) is 0 Å². The van der Waals surface area contributed by atoms with E-state index in [4.69, 9.17) is 16.3 Å². The van der Waals surface area contributed by atoms with Crippen LogP contribution in [-0.2, 0) is 26.1 Å². The van der Waals surface area contributed by atoms with Gasteiger partial charge >= 0.3 is 0 Å². The Hall–Kier alpha value is -1.97. The first kappa shape index (κ1) is 22.7. The number of anilines is 1. The second-order valence-electron chi connectivity index (χ2n) is 6.99. The predicted molar refractivity (Wildman–Crippen MR) is 117 cm³/mol. The van der Waals surface area contributed by atoms with Crippen LogP contribution in [-0.4, -0.2) is 62.9 Å². The highest BCUT2D eigenvalue weighted by Gasteiger charge is 2.26. The molecule has 0 unspecified atom stereocenters. The van der Waals surface area contributed by atoms with Crippen molar-refractivity contribution in [3.8, 4) is 0 Å². The third kappa shape index (κ3) is 5.80. The van der Waals surface area contributed by atoms with E-state index < -0.39 is 10.0 Å². The number of benzene rings is 2. The fourth-order valence-corrected chi connectivity index (χ4v) is 4.87. The van der Waals surface area contributed by atoms with E-state index in [0.717, 1.165) is 5.56 Å². The molecule has 2 aromatic carbocycles. The van der Waals surface area contributed by atoms with Crippen molar-refractivity contribution < 1.29 is 17.9 Å². The van der Waals surface area contributed by atoms with Gasteiger partial charge in [-0.15, -0.1) is 0 Å². The number of morpholine rings is 1. The van der Waals surface area contributed by atoms with Crippen LogP contribution in [0.5, 0.6) is 0 Å². The Kier molecular flexibility index (Phi) is 7.85. The Balaban J connectivity index is 1.65. The SMILES string of the molecule is CCN(CC(=O)Nc1cccc(S(=O)(=O)N2CCOCC2)c1)Cc1ccccc1Cl. The van der Waals surface area contributed by atoms with Crippen LogP contribution in [0.1, 0.15) is 12.5 Å². The molecule has 0 saturated carbocycles. The smallest absolute Gasteiger partial charge is 0.243 e. The van der Waals surface area contributed by atoms with Crippen molar-refractivity contribution in [3.63, 3.8) is 0 Å². The molecular formula is C21H26ClN3O4S. The van der Waals surface area contributed by atoms with E-state index in [2.05, 4.69) is 5.32 Å². The number of nitrogens with zero attached hydrogens (tertiary/aromatic N) is 2. The summed E-state index contributed by atoms with van der Waals surface area (Å²) in [5.41, 5.74) is 1.40. The van der Waals surface area contributed by atoms with Gasteiger partial charge in [0.2, 0.25) is 15.9 Å². The third-order valence-corrected chi connectivity index (χ3v) is 7.16. The van der Waals surface area contributed by atoms with Crippen LogP contribution < -0.4 is 5.32 Å². The molecule has 1 aliphatic rings. The molecule has 9 heteroatoms. The van der Waals surface area contributed by atoms with E-state index in [9.17, 15) is 13.2 Å². The molecule has 1 N–H and O–H groups in total. The van der Waals surface area contributed by atoms with Crippen LogP contribution in [0.4, 0.5) is 5.69 Å². The van der Waals surface area contributed by atoms with Crippen LogP contribution in [0, 0.1) is 0 Å². The monoisotopic (exact) mass is 451 g/mol. The van der Waals surface area contributed by atoms with E-state index in [1.165, 1.54) is 16.4 Å². The second-order valence-corrected chi connectivity index (χ2v) is 9.33. The van der Waals surface area contributed by atoms with Gasteiger partial charge in [0.15, 0.2) is 0 Å². The molecule has 1 aliphatic heterocycles. The molecule has 1 heterocycles. The number of sulfonamides is 1. The molecule has 0 atom stereocenters. The molecule has 0 radical (unpaired) electrons. The average Bonchev–Trinajstić information content (AvgIpc) is 2.75. The summed E-state index contributed by atoms with van der Waals surface area (Å²) in [6, 6.07) is 13.9. The minimum absolute atomic E-state index is 0.158. The maximum atomic E-state index is 12.8. The van der Waals surface area contributed by atoms with Crippen LogP contribution in [0.25, 0.3) is 0 Å². The van der Waals surface area contributed by atoms with Crippen LogP contribution in [0.3, 0.4) is 0 Å². The molecule has 1 fully saturated rings. The molecule has 162 valence electrons. The van der Waals surface area contributed by atoms with Gasteiger partial charge in [-0.05, 0) is 36.4 Å². The van der Waals surface area contributed by atoms with Crippen LogP contribution in [0.15, 0.2) is 53.4 Å². The lowest BCUT2D eigenvalue weighted by atomic mass is 10.2.